The molecule has 0 aliphatic carbocycles. The third-order valence-electron chi connectivity index (χ3n) is 4.19. The highest BCUT2D eigenvalue weighted by Gasteiger charge is 2.47. The van der Waals surface area contributed by atoms with Gasteiger partial charge in [-0.05, 0) is 0 Å². The van der Waals surface area contributed by atoms with Crippen LogP contribution >= 0.6 is 0 Å². The van der Waals surface area contributed by atoms with Crippen LogP contribution in [-0.4, -0.2) is 27.1 Å². The number of benzene rings is 2. The first kappa shape index (κ1) is 16.6. The zero-order valence-electron chi connectivity index (χ0n) is 13.8. The third-order valence-corrected chi connectivity index (χ3v) is 4.19. The number of aromatic carboxylic acids is 2. The summed E-state index contributed by atoms with van der Waals surface area (Å²) < 4.78 is 12.1. The van der Waals surface area contributed by atoms with E-state index in [1.165, 1.54) is 0 Å². The first-order valence-electron chi connectivity index (χ1n) is 8.02. The van der Waals surface area contributed by atoms with E-state index in [-0.39, 0.29) is 11.6 Å². The van der Waals surface area contributed by atoms with Crippen LogP contribution in [0, 0.1) is 0 Å². The third kappa shape index (κ3) is 2.65. The van der Waals surface area contributed by atoms with Crippen molar-refractivity contribution in [3.8, 4) is 11.6 Å². The highest BCUT2D eigenvalue weighted by atomic mass is 16.7. The Morgan fingerprint density at radius 1 is 0.815 bits per heavy atom. The second-order valence-electron chi connectivity index (χ2n) is 5.85. The van der Waals surface area contributed by atoms with E-state index in [9.17, 15) is 19.8 Å². The fourth-order valence-corrected chi connectivity index (χ4v) is 2.98. The summed E-state index contributed by atoms with van der Waals surface area (Å²) in [6.45, 7) is 0. The molecule has 7 nitrogen and oxygen atoms in total. The largest absolute Gasteiger partial charge is 0.478 e. The number of fused-ring (bicyclic) bond motifs is 1. The molecule has 0 unspecified atom stereocenters. The summed E-state index contributed by atoms with van der Waals surface area (Å²) in [5.41, 5.74) is 0.231. The first-order chi connectivity index (χ1) is 13.0. The lowest BCUT2D eigenvalue weighted by atomic mass is 9.97. The molecule has 1 aromatic heterocycles. The van der Waals surface area contributed by atoms with Gasteiger partial charge in [-0.25, -0.2) is 14.6 Å². The monoisotopic (exact) mass is 363 g/mol. The van der Waals surface area contributed by atoms with Gasteiger partial charge in [-0.3, -0.25) is 0 Å². The number of carboxylic acids is 2. The molecule has 1 aliphatic rings. The van der Waals surface area contributed by atoms with Crippen molar-refractivity contribution in [3.63, 3.8) is 0 Å². The normalized spacial score (nSPS) is 13.9. The lowest BCUT2D eigenvalue weighted by Crippen LogP contribution is -2.36. The quantitative estimate of drug-likeness (QED) is 0.733. The molecule has 7 heteroatoms. The number of carbonyl (C=O) groups is 2. The Labute approximate surface area is 153 Å². The maximum Gasteiger partial charge on any atom is 0.355 e. The standard InChI is InChI=1S/C20H13NO6/c22-18(23)14-11-15-17(21-16(14)19(24)25)27-20(26-15,12-7-3-1-4-8-12)13-9-5-2-6-10-13/h1-11H,(H,22,23)(H,24,25). The molecule has 2 heterocycles. The predicted octanol–water partition coefficient (Wildman–Crippen LogP) is 3.15. The van der Waals surface area contributed by atoms with Gasteiger partial charge in [-0.1, -0.05) is 60.7 Å². The van der Waals surface area contributed by atoms with Gasteiger partial charge >= 0.3 is 17.7 Å². The Kier molecular flexibility index (Phi) is 3.77. The number of ether oxygens (including phenoxy) is 2. The predicted molar refractivity (Wildman–Crippen MR) is 93.1 cm³/mol. The summed E-state index contributed by atoms with van der Waals surface area (Å²) >= 11 is 0. The van der Waals surface area contributed by atoms with Gasteiger partial charge in [0.2, 0.25) is 0 Å². The number of rotatable bonds is 4. The maximum atomic E-state index is 11.4. The van der Waals surface area contributed by atoms with Gasteiger partial charge in [0.25, 0.3) is 5.88 Å². The van der Waals surface area contributed by atoms with Crippen molar-refractivity contribution >= 4 is 11.9 Å². The fourth-order valence-electron chi connectivity index (χ4n) is 2.98. The van der Waals surface area contributed by atoms with Crippen molar-refractivity contribution in [2.24, 2.45) is 0 Å². The highest BCUT2D eigenvalue weighted by Crippen LogP contribution is 2.47. The Morgan fingerprint density at radius 2 is 1.37 bits per heavy atom. The lowest BCUT2D eigenvalue weighted by Gasteiger charge is -2.28. The van der Waals surface area contributed by atoms with E-state index in [4.69, 9.17) is 9.47 Å². The Hall–Kier alpha value is -3.87. The van der Waals surface area contributed by atoms with Gasteiger partial charge in [0.15, 0.2) is 11.4 Å². The summed E-state index contributed by atoms with van der Waals surface area (Å²) in [4.78, 5) is 26.7. The van der Waals surface area contributed by atoms with Gasteiger partial charge in [0.1, 0.15) is 0 Å². The number of pyridine rings is 1. The van der Waals surface area contributed by atoms with Crippen LogP contribution in [0.25, 0.3) is 0 Å². The number of hydrogen-bond donors (Lipinski definition) is 2. The van der Waals surface area contributed by atoms with Crippen LogP contribution in [0.3, 0.4) is 0 Å². The number of nitrogens with zero attached hydrogens (tertiary/aromatic N) is 1. The molecule has 2 N–H and O–H groups in total. The summed E-state index contributed by atoms with van der Waals surface area (Å²) in [6, 6.07) is 19.3. The van der Waals surface area contributed by atoms with Crippen LogP contribution < -0.4 is 9.47 Å². The van der Waals surface area contributed by atoms with E-state index in [2.05, 4.69) is 4.98 Å². The summed E-state index contributed by atoms with van der Waals surface area (Å²) in [6.07, 6.45) is 0. The lowest BCUT2D eigenvalue weighted by molar-refractivity contribution is -0.0477. The fraction of sp³-hybridized carbons (Fsp3) is 0.0500. The Morgan fingerprint density at radius 3 is 1.85 bits per heavy atom. The van der Waals surface area contributed by atoms with Crippen molar-refractivity contribution in [2.75, 3.05) is 0 Å². The molecule has 1 aliphatic heterocycles. The Balaban J connectivity index is 1.91. The van der Waals surface area contributed by atoms with E-state index in [0.717, 1.165) is 6.07 Å². The number of aromatic nitrogens is 1. The molecule has 0 radical (unpaired) electrons. The minimum Gasteiger partial charge on any atom is -0.478 e. The second kappa shape index (κ2) is 6.14. The summed E-state index contributed by atoms with van der Waals surface area (Å²) in [7, 11) is 0. The van der Waals surface area contributed by atoms with Crippen LogP contribution in [0.5, 0.6) is 11.6 Å². The van der Waals surface area contributed by atoms with Gasteiger partial charge in [0, 0.05) is 17.2 Å². The van der Waals surface area contributed by atoms with Crippen LogP contribution in [0.15, 0.2) is 66.7 Å². The molecule has 0 bridgehead atoms. The van der Waals surface area contributed by atoms with Crippen molar-refractivity contribution in [1.82, 2.24) is 4.98 Å². The van der Waals surface area contributed by atoms with Gasteiger partial charge in [0.05, 0.1) is 5.56 Å². The second-order valence-corrected chi connectivity index (χ2v) is 5.85. The molecule has 4 rings (SSSR count). The molecule has 0 saturated heterocycles. The SMILES string of the molecule is O=C(O)c1cc2c(nc1C(=O)O)OC(c1ccccc1)(c1ccccc1)O2. The van der Waals surface area contributed by atoms with Crippen molar-refractivity contribution in [1.29, 1.82) is 0 Å². The molecule has 0 saturated carbocycles. The van der Waals surface area contributed by atoms with E-state index >= 15 is 0 Å². The van der Waals surface area contributed by atoms with Crippen molar-refractivity contribution in [3.05, 3.63) is 89.1 Å². The van der Waals surface area contributed by atoms with Crippen LogP contribution in [0.2, 0.25) is 0 Å². The van der Waals surface area contributed by atoms with Gasteiger partial charge in [-0.2, -0.15) is 0 Å². The molecule has 0 amide bonds. The van der Waals surface area contributed by atoms with Crippen LogP contribution in [0.4, 0.5) is 0 Å². The average Bonchev–Trinajstić information content (AvgIpc) is 3.08. The maximum absolute atomic E-state index is 11.4. The molecule has 0 fully saturated rings. The minimum atomic E-state index is -1.46. The first-order valence-corrected chi connectivity index (χ1v) is 8.02. The van der Waals surface area contributed by atoms with E-state index in [0.29, 0.717) is 11.1 Å². The van der Waals surface area contributed by atoms with Crippen LogP contribution in [-0.2, 0) is 5.79 Å². The molecular formula is C20H13NO6. The Bertz CT molecular complexity index is 949. The van der Waals surface area contributed by atoms with E-state index < -0.39 is 29.0 Å². The number of hydrogen-bond acceptors (Lipinski definition) is 5. The molecule has 0 atom stereocenters. The van der Waals surface area contributed by atoms with E-state index in [1.807, 2.05) is 36.4 Å². The average molecular weight is 363 g/mol. The van der Waals surface area contributed by atoms with Gasteiger partial charge in [-0.15, -0.1) is 0 Å². The highest BCUT2D eigenvalue weighted by molar-refractivity contribution is 6.00. The van der Waals surface area contributed by atoms with Crippen LogP contribution in [0.1, 0.15) is 32.0 Å². The van der Waals surface area contributed by atoms with Crippen molar-refractivity contribution in [2.45, 2.75) is 5.79 Å². The zero-order valence-corrected chi connectivity index (χ0v) is 13.8. The molecule has 0 spiro atoms. The molecule has 2 aromatic carbocycles. The summed E-state index contributed by atoms with van der Waals surface area (Å²) in [5.74, 6) is -4.29. The van der Waals surface area contributed by atoms with Crippen molar-refractivity contribution < 1.29 is 29.3 Å². The van der Waals surface area contributed by atoms with E-state index in [1.54, 1.807) is 24.3 Å². The molecular weight excluding hydrogens is 350 g/mol. The topological polar surface area (TPSA) is 106 Å². The molecule has 134 valence electrons. The van der Waals surface area contributed by atoms with Gasteiger partial charge < -0.3 is 19.7 Å². The molecule has 27 heavy (non-hydrogen) atoms. The minimum absolute atomic E-state index is 0.0603. The number of carboxylic acid groups (broad SMARTS) is 2. The molecule has 3 aromatic rings. The zero-order chi connectivity index (χ0) is 19.0. The smallest absolute Gasteiger partial charge is 0.355 e. The summed E-state index contributed by atoms with van der Waals surface area (Å²) in [5, 5.41) is 18.6.